The van der Waals surface area contributed by atoms with E-state index in [0.29, 0.717) is 42.9 Å². The molecule has 1 aliphatic rings. The van der Waals surface area contributed by atoms with Crippen molar-refractivity contribution in [3.8, 4) is 11.5 Å². The molecule has 1 heterocycles. The maximum absolute atomic E-state index is 12.3. The van der Waals surface area contributed by atoms with Crippen LogP contribution in [0.25, 0.3) is 0 Å². The van der Waals surface area contributed by atoms with Gasteiger partial charge in [-0.15, -0.1) is 0 Å². The summed E-state index contributed by atoms with van der Waals surface area (Å²) in [5.41, 5.74) is 2.74. The molecule has 0 spiro atoms. The second-order valence-corrected chi connectivity index (χ2v) is 6.00. The number of methoxy groups -OCH3 is 1. The number of carbonyl (C=O) groups excluding carboxylic acids is 2. The Morgan fingerprint density at radius 1 is 1.12 bits per heavy atom. The lowest BCUT2D eigenvalue weighted by Gasteiger charge is -2.18. The van der Waals surface area contributed by atoms with E-state index in [0.717, 1.165) is 17.1 Å². The molecular formula is C20H21NO5. The predicted octanol–water partition coefficient (Wildman–Crippen LogP) is 3.12. The summed E-state index contributed by atoms with van der Waals surface area (Å²) in [5, 5.41) is 2.86. The van der Waals surface area contributed by atoms with Crippen molar-refractivity contribution >= 4 is 17.6 Å². The Morgan fingerprint density at radius 2 is 1.88 bits per heavy atom. The first-order valence-electron chi connectivity index (χ1n) is 8.45. The van der Waals surface area contributed by atoms with E-state index in [4.69, 9.17) is 14.2 Å². The van der Waals surface area contributed by atoms with E-state index in [1.807, 2.05) is 18.2 Å². The zero-order valence-corrected chi connectivity index (χ0v) is 14.8. The summed E-state index contributed by atoms with van der Waals surface area (Å²) in [7, 11) is 1.33. The molecular weight excluding hydrogens is 334 g/mol. The number of fused-ring (bicyclic) bond motifs is 1. The maximum atomic E-state index is 12.3. The highest BCUT2D eigenvalue weighted by atomic mass is 16.6. The molecule has 0 fully saturated rings. The lowest BCUT2D eigenvalue weighted by atomic mass is 10.1. The summed E-state index contributed by atoms with van der Waals surface area (Å²) in [5.74, 6) is 0.912. The number of esters is 1. The zero-order valence-electron chi connectivity index (χ0n) is 14.8. The van der Waals surface area contributed by atoms with Gasteiger partial charge in [-0.25, -0.2) is 4.79 Å². The van der Waals surface area contributed by atoms with Crippen LogP contribution in [-0.4, -0.2) is 32.2 Å². The van der Waals surface area contributed by atoms with Gasteiger partial charge in [0.05, 0.1) is 12.7 Å². The van der Waals surface area contributed by atoms with E-state index in [1.165, 1.54) is 7.11 Å². The Labute approximate surface area is 152 Å². The molecule has 2 aromatic rings. The van der Waals surface area contributed by atoms with Gasteiger partial charge in [-0.2, -0.15) is 0 Å². The molecule has 6 nitrogen and oxygen atoms in total. The zero-order chi connectivity index (χ0) is 18.5. The molecule has 136 valence electrons. The smallest absolute Gasteiger partial charge is 0.338 e. The van der Waals surface area contributed by atoms with Crippen LogP contribution in [0.1, 0.15) is 27.9 Å². The molecule has 0 radical (unpaired) electrons. The van der Waals surface area contributed by atoms with E-state index >= 15 is 0 Å². The third-order valence-corrected chi connectivity index (χ3v) is 4.26. The van der Waals surface area contributed by atoms with Crippen LogP contribution >= 0.6 is 0 Å². The summed E-state index contributed by atoms with van der Waals surface area (Å²) >= 11 is 0. The average molecular weight is 355 g/mol. The number of amides is 1. The number of anilines is 1. The second kappa shape index (κ2) is 7.91. The first-order chi connectivity index (χ1) is 12.6. The molecule has 2 aromatic carbocycles. The lowest BCUT2D eigenvalue weighted by molar-refractivity contribution is -0.116. The SMILES string of the molecule is COC(=O)c1cccc(NC(=O)CCc2ccc3c(c2)OCCO3)c1C. The Morgan fingerprint density at radius 3 is 2.65 bits per heavy atom. The Hall–Kier alpha value is -3.02. The molecule has 1 aliphatic heterocycles. The Kier molecular flexibility index (Phi) is 5.41. The van der Waals surface area contributed by atoms with Crippen molar-refractivity contribution < 1.29 is 23.8 Å². The van der Waals surface area contributed by atoms with Gasteiger partial charge in [0.15, 0.2) is 11.5 Å². The second-order valence-electron chi connectivity index (χ2n) is 6.00. The van der Waals surface area contributed by atoms with Gasteiger partial charge < -0.3 is 19.5 Å². The molecule has 26 heavy (non-hydrogen) atoms. The minimum Gasteiger partial charge on any atom is -0.486 e. The van der Waals surface area contributed by atoms with Gasteiger partial charge in [-0.3, -0.25) is 4.79 Å². The lowest BCUT2D eigenvalue weighted by Crippen LogP contribution is -2.16. The van der Waals surface area contributed by atoms with Gasteiger partial charge in [-0.05, 0) is 48.7 Å². The highest BCUT2D eigenvalue weighted by Gasteiger charge is 2.15. The Bertz CT molecular complexity index is 831. The molecule has 0 unspecified atom stereocenters. The van der Waals surface area contributed by atoms with Crippen molar-refractivity contribution in [2.45, 2.75) is 19.8 Å². The van der Waals surface area contributed by atoms with E-state index in [9.17, 15) is 9.59 Å². The third kappa shape index (κ3) is 3.96. The fraction of sp³-hybridized carbons (Fsp3) is 0.300. The highest BCUT2D eigenvalue weighted by Crippen LogP contribution is 2.31. The van der Waals surface area contributed by atoms with Crippen molar-refractivity contribution in [2.24, 2.45) is 0 Å². The molecule has 0 aromatic heterocycles. The number of hydrogen-bond acceptors (Lipinski definition) is 5. The summed E-state index contributed by atoms with van der Waals surface area (Å²) < 4.78 is 15.8. The molecule has 0 saturated heterocycles. The largest absolute Gasteiger partial charge is 0.486 e. The van der Waals surface area contributed by atoms with Gasteiger partial charge in [-0.1, -0.05) is 12.1 Å². The van der Waals surface area contributed by atoms with Crippen LogP contribution in [0, 0.1) is 6.92 Å². The Balaban J connectivity index is 1.62. The number of carbonyl (C=O) groups is 2. The van der Waals surface area contributed by atoms with Crippen LogP contribution in [0.15, 0.2) is 36.4 Å². The summed E-state index contributed by atoms with van der Waals surface area (Å²) in [6.45, 7) is 2.87. The molecule has 6 heteroatoms. The van der Waals surface area contributed by atoms with Crippen LogP contribution in [0.3, 0.4) is 0 Å². The fourth-order valence-electron chi connectivity index (χ4n) is 2.82. The van der Waals surface area contributed by atoms with Crippen molar-refractivity contribution in [1.29, 1.82) is 0 Å². The van der Waals surface area contributed by atoms with Crippen LogP contribution in [0.5, 0.6) is 11.5 Å². The van der Waals surface area contributed by atoms with Crippen molar-refractivity contribution in [3.63, 3.8) is 0 Å². The van der Waals surface area contributed by atoms with Crippen molar-refractivity contribution in [3.05, 3.63) is 53.1 Å². The van der Waals surface area contributed by atoms with Gasteiger partial charge in [0.2, 0.25) is 5.91 Å². The van der Waals surface area contributed by atoms with Crippen molar-refractivity contribution in [1.82, 2.24) is 0 Å². The number of nitrogens with one attached hydrogen (secondary N) is 1. The molecule has 0 saturated carbocycles. The monoisotopic (exact) mass is 355 g/mol. The van der Waals surface area contributed by atoms with Crippen molar-refractivity contribution in [2.75, 3.05) is 25.6 Å². The van der Waals surface area contributed by atoms with Gasteiger partial charge >= 0.3 is 5.97 Å². The maximum Gasteiger partial charge on any atom is 0.338 e. The van der Waals surface area contributed by atoms with E-state index in [2.05, 4.69) is 5.32 Å². The van der Waals surface area contributed by atoms with Crippen LogP contribution < -0.4 is 14.8 Å². The fourth-order valence-corrected chi connectivity index (χ4v) is 2.82. The molecule has 0 bridgehead atoms. The topological polar surface area (TPSA) is 73.9 Å². The van der Waals surface area contributed by atoms with Crippen LogP contribution in [-0.2, 0) is 16.0 Å². The highest BCUT2D eigenvalue weighted by molar-refractivity contribution is 5.96. The number of hydrogen-bond donors (Lipinski definition) is 1. The molecule has 1 N–H and O–H groups in total. The molecule has 3 rings (SSSR count). The minimum absolute atomic E-state index is 0.120. The van der Waals surface area contributed by atoms with E-state index in [1.54, 1.807) is 25.1 Å². The first kappa shape index (κ1) is 17.8. The van der Waals surface area contributed by atoms with Gasteiger partial charge in [0.25, 0.3) is 0 Å². The van der Waals surface area contributed by atoms with E-state index in [-0.39, 0.29) is 5.91 Å². The number of ether oxygens (including phenoxy) is 3. The normalized spacial score (nSPS) is 12.4. The minimum atomic E-state index is -0.421. The first-order valence-corrected chi connectivity index (χ1v) is 8.45. The number of aryl methyl sites for hydroxylation is 1. The summed E-state index contributed by atoms with van der Waals surface area (Å²) in [6, 6.07) is 10.9. The van der Waals surface area contributed by atoms with E-state index < -0.39 is 5.97 Å². The summed E-state index contributed by atoms with van der Waals surface area (Å²) in [6.07, 6.45) is 0.903. The number of benzene rings is 2. The third-order valence-electron chi connectivity index (χ3n) is 4.26. The standard InChI is InChI=1S/C20H21NO5/c1-13-15(20(23)24-2)4-3-5-16(13)21-19(22)9-7-14-6-8-17-18(12-14)26-11-10-25-17/h3-6,8,12H,7,9-11H2,1-2H3,(H,21,22). The molecule has 0 atom stereocenters. The van der Waals surface area contributed by atoms with Gasteiger partial charge in [0, 0.05) is 12.1 Å². The quantitative estimate of drug-likeness (QED) is 0.834. The molecule has 0 aliphatic carbocycles. The van der Waals surface area contributed by atoms with Crippen LogP contribution in [0.2, 0.25) is 0 Å². The molecule has 1 amide bonds. The van der Waals surface area contributed by atoms with Crippen LogP contribution in [0.4, 0.5) is 5.69 Å². The summed E-state index contributed by atoms with van der Waals surface area (Å²) in [4.78, 5) is 24.0. The van der Waals surface area contributed by atoms with Gasteiger partial charge in [0.1, 0.15) is 13.2 Å². The average Bonchev–Trinajstić information content (AvgIpc) is 2.67. The predicted molar refractivity (Wildman–Crippen MR) is 96.9 cm³/mol. The number of rotatable bonds is 5.